The molecule has 2 atom stereocenters. The fourth-order valence-corrected chi connectivity index (χ4v) is 3.49. The summed E-state index contributed by atoms with van der Waals surface area (Å²) in [5.41, 5.74) is 1.40. The van der Waals surface area contributed by atoms with Crippen LogP contribution in [0.25, 0.3) is 0 Å². The van der Waals surface area contributed by atoms with E-state index in [1.54, 1.807) is 0 Å². The average Bonchev–Trinajstić information content (AvgIpc) is 2.54. The molecule has 0 unspecified atom stereocenters. The zero-order valence-corrected chi connectivity index (χ0v) is 14.1. The molecule has 0 saturated carbocycles. The van der Waals surface area contributed by atoms with Crippen LogP contribution in [0.3, 0.4) is 0 Å². The second kappa shape index (κ2) is 7.95. The van der Waals surface area contributed by atoms with Gasteiger partial charge in [-0.15, -0.1) is 0 Å². The van der Waals surface area contributed by atoms with Crippen LogP contribution >= 0.6 is 0 Å². The predicted molar refractivity (Wildman–Crippen MR) is 91.3 cm³/mol. The van der Waals surface area contributed by atoms with Crippen molar-refractivity contribution < 1.29 is 0 Å². The molecule has 1 aliphatic heterocycles. The Morgan fingerprint density at radius 1 is 1.24 bits per heavy atom. The fourth-order valence-electron chi connectivity index (χ4n) is 3.49. The summed E-state index contributed by atoms with van der Waals surface area (Å²) in [6, 6.07) is 10.9. The van der Waals surface area contributed by atoms with Gasteiger partial charge in [0.1, 0.15) is 0 Å². The van der Waals surface area contributed by atoms with E-state index in [4.69, 9.17) is 0 Å². The number of hydrogen-bond acceptors (Lipinski definition) is 2. The van der Waals surface area contributed by atoms with Gasteiger partial charge in [0.05, 0.1) is 5.66 Å². The largest absolute Gasteiger partial charge is 0.296 e. The maximum atomic E-state index is 3.77. The average molecular weight is 288 g/mol. The molecule has 2 heteroatoms. The van der Waals surface area contributed by atoms with Crippen molar-refractivity contribution in [2.24, 2.45) is 5.92 Å². The minimum Gasteiger partial charge on any atom is -0.296 e. The minimum absolute atomic E-state index is 0.000849. The Morgan fingerprint density at radius 2 is 2.00 bits per heavy atom. The Morgan fingerprint density at radius 3 is 2.67 bits per heavy atom. The molecule has 1 N–H and O–H groups in total. The number of rotatable bonds is 7. The maximum absolute atomic E-state index is 3.77. The smallest absolute Gasteiger partial charge is 0.0946 e. The van der Waals surface area contributed by atoms with Gasteiger partial charge >= 0.3 is 0 Å². The number of nitrogens with zero attached hydrogens (tertiary/aromatic N) is 1. The summed E-state index contributed by atoms with van der Waals surface area (Å²) in [5, 5.41) is 3.77. The molecule has 1 aromatic rings. The molecule has 1 aliphatic rings. The van der Waals surface area contributed by atoms with Crippen molar-refractivity contribution in [3.8, 4) is 0 Å². The molecule has 1 heterocycles. The van der Waals surface area contributed by atoms with Crippen molar-refractivity contribution in [2.75, 3.05) is 19.6 Å². The summed E-state index contributed by atoms with van der Waals surface area (Å²) in [7, 11) is 0. The Hall–Kier alpha value is -0.860. The monoisotopic (exact) mass is 288 g/mol. The Balaban J connectivity index is 2.11. The molecule has 2 rings (SSSR count). The normalized spacial score (nSPS) is 24.9. The van der Waals surface area contributed by atoms with Gasteiger partial charge in [0.25, 0.3) is 0 Å². The lowest BCUT2D eigenvalue weighted by molar-refractivity contribution is 0.0222. The van der Waals surface area contributed by atoms with Crippen LogP contribution in [0.1, 0.15) is 58.4 Å². The van der Waals surface area contributed by atoms with E-state index >= 15 is 0 Å². The van der Waals surface area contributed by atoms with Crippen LogP contribution in [-0.4, -0.2) is 24.5 Å². The molecular formula is C19H32N2. The quantitative estimate of drug-likeness (QED) is 0.801. The van der Waals surface area contributed by atoms with E-state index in [0.29, 0.717) is 0 Å². The second-order valence-electron chi connectivity index (χ2n) is 6.58. The lowest BCUT2D eigenvalue weighted by Gasteiger charge is -2.47. The summed E-state index contributed by atoms with van der Waals surface area (Å²) >= 11 is 0. The molecule has 1 saturated heterocycles. The van der Waals surface area contributed by atoms with Gasteiger partial charge in [0, 0.05) is 13.1 Å². The predicted octanol–water partition coefficient (Wildman–Crippen LogP) is 4.37. The molecule has 0 spiro atoms. The van der Waals surface area contributed by atoms with Crippen LogP contribution < -0.4 is 5.32 Å². The topological polar surface area (TPSA) is 15.3 Å². The van der Waals surface area contributed by atoms with Crippen molar-refractivity contribution in [3.05, 3.63) is 35.9 Å². The standard InChI is InChI=1S/C19H32N2/c1-4-6-11-17(5-2)16-21-15-10-14-20-19(21,3)18-12-8-7-9-13-18/h7-9,12-13,17,20H,4-6,10-11,14-16H2,1-3H3/t17-,19-/m1/s1. The first kappa shape index (κ1) is 16.5. The molecule has 0 bridgehead atoms. The molecule has 1 aromatic carbocycles. The molecule has 118 valence electrons. The third-order valence-electron chi connectivity index (χ3n) is 5.06. The maximum Gasteiger partial charge on any atom is 0.0946 e. The summed E-state index contributed by atoms with van der Waals surface area (Å²) in [6.45, 7) is 10.5. The first-order chi connectivity index (χ1) is 10.2. The van der Waals surface area contributed by atoms with Crippen LogP contribution in [0, 0.1) is 5.92 Å². The summed E-state index contributed by atoms with van der Waals surface area (Å²) in [4.78, 5) is 2.68. The van der Waals surface area contributed by atoms with E-state index in [2.05, 4.69) is 61.3 Å². The van der Waals surface area contributed by atoms with Crippen molar-refractivity contribution in [1.29, 1.82) is 0 Å². The zero-order valence-electron chi connectivity index (χ0n) is 14.1. The first-order valence-electron chi connectivity index (χ1n) is 8.76. The molecule has 0 aromatic heterocycles. The van der Waals surface area contributed by atoms with Crippen molar-refractivity contribution in [1.82, 2.24) is 10.2 Å². The third-order valence-corrected chi connectivity index (χ3v) is 5.06. The number of nitrogens with one attached hydrogen (secondary N) is 1. The minimum atomic E-state index is -0.000849. The van der Waals surface area contributed by atoms with Gasteiger partial charge in [0.2, 0.25) is 0 Å². The molecule has 0 amide bonds. The SMILES string of the molecule is CCCC[C@@H](CC)CN1CCCN[C@@]1(C)c1ccccc1. The van der Waals surface area contributed by atoms with E-state index in [-0.39, 0.29) is 5.66 Å². The summed E-state index contributed by atoms with van der Waals surface area (Å²) < 4.78 is 0. The molecular weight excluding hydrogens is 256 g/mol. The van der Waals surface area contributed by atoms with Gasteiger partial charge in [-0.05, 0) is 37.8 Å². The highest BCUT2D eigenvalue weighted by Crippen LogP contribution is 2.30. The van der Waals surface area contributed by atoms with E-state index in [1.165, 1.54) is 50.8 Å². The first-order valence-corrected chi connectivity index (χ1v) is 8.76. The van der Waals surface area contributed by atoms with E-state index in [1.807, 2.05) is 0 Å². The molecule has 21 heavy (non-hydrogen) atoms. The van der Waals surface area contributed by atoms with Crippen LogP contribution in [0.2, 0.25) is 0 Å². The van der Waals surface area contributed by atoms with Crippen LogP contribution in [0.5, 0.6) is 0 Å². The molecule has 0 radical (unpaired) electrons. The molecule has 2 nitrogen and oxygen atoms in total. The number of hydrogen-bond donors (Lipinski definition) is 1. The van der Waals surface area contributed by atoms with Crippen molar-refractivity contribution in [2.45, 2.75) is 58.5 Å². The zero-order chi connectivity index (χ0) is 15.1. The summed E-state index contributed by atoms with van der Waals surface area (Å²) in [6.07, 6.45) is 6.59. The van der Waals surface area contributed by atoms with E-state index < -0.39 is 0 Å². The Labute approximate surface area is 130 Å². The number of benzene rings is 1. The van der Waals surface area contributed by atoms with Crippen molar-refractivity contribution in [3.63, 3.8) is 0 Å². The lowest BCUT2D eigenvalue weighted by atomic mass is 9.92. The van der Waals surface area contributed by atoms with Gasteiger partial charge in [-0.25, -0.2) is 0 Å². The second-order valence-corrected chi connectivity index (χ2v) is 6.58. The van der Waals surface area contributed by atoms with Gasteiger partial charge in [0.15, 0.2) is 0 Å². The van der Waals surface area contributed by atoms with Gasteiger partial charge in [-0.2, -0.15) is 0 Å². The molecule has 1 fully saturated rings. The Kier molecular flexibility index (Phi) is 6.25. The number of unbranched alkanes of at least 4 members (excludes halogenated alkanes) is 1. The fraction of sp³-hybridized carbons (Fsp3) is 0.684. The van der Waals surface area contributed by atoms with E-state index in [9.17, 15) is 0 Å². The van der Waals surface area contributed by atoms with Crippen LogP contribution in [0.15, 0.2) is 30.3 Å². The van der Waals surface area contributed by atoms with Crippen LogP contribution in [0.4, 0.5) is 0 Å². The Bertz CT molecular complexity index is 403. The third kappa shape index (κ3) is 4.08. The van der Waals surface area contributed by atoms with Gasteiger partial charge < -0.3 is 0 Å². The van der Waals surface area contributed by atoms with Crippen LogP contribution in [-0.2, 0) is 5.66 Å². The van der Waals surface area contributed by atoms with Crippen molar-refractivity contribution >= 4 is 0 Å². The summed E-state index contributed by atoms with van der Waals surface area (Å²) in [5.74, 6) is 0.827. The van der Waals surface area contributed by atoms with E-state index in [0.717, 1.165) is 12.5 Å². The highest BCUT2D eigenvalue weighted by molar-refractivity contribution is 5.23. The molecule has 0 aliphatic carbocycles. The highest BCUT2D eigenvalue weighted by Gasteiger charge is 2.36. The van der Waals surface area contributed by atoms with Gasteiger partial charge in [-0.1, -0.05) is 63.4 Å². The highest BCUT2D eigenvalue weighted by atomic mass is 15.3. The van der Waals surface area contributed by atoms with Gasteiger partial charge in [-0.3, -0.25) is 10.2 Å². The lowest BCUT2D eigenvalue weighted by Crippen LogP contribution is -2.59.